The third-order valence-corrected chi connectivity index (χ3v) is 2.24. The van der Waals surface area contributed by atoms with Crippen molar-refractivity contribution >= 4 is 16.5 Å². The van der Waals surface area contributed by atoms with Crippen LogP contribution in [0.25, 0.3) is 0 Å². The van der Waals surface area contributed by atoms with Gasteiger partial charge in [0.05, 0.1) is 0 Å². The summed E-state index contributed by atoms with van der Waals surface area (Å²) >= 11 is 1.56. The summed E-state index contributed by atoms with van der Waals surface area (Å²) in [5.41, 5.74) is 5.42. The molecule has 0 spiro atoms. The summed E-state index contributed by atoms with van der Waals surface area (Å²) in [4.78, 5) is 5.19. The van der Waals surface area contributed by atoms with E-state index in [4.69, 9.17) is 5.73 Å². The molecule has 0 aliphatic heterocycles. The Hall–Kier alpha value is -0.570. The highest BCUT2D eigenvalue weighted by atomic mass is 32.1. The second-order valence-corrected chi connectivity index (χ2v) is 3.35. The molecule has 0 saturated carbocycles. The number of rotatable bonds is 1. The van der Waals surface area contributed by atoms with E-state index in [2.05, 4.69) is 18.8 Å². The maximum atomic E-state index is 5.42. The Bertz CT molecular complexity index is 193. The molecule has 0 aliphatic rings. The van der Waals surface area contributed by atoms with Crippen LogP contribution in [-0.2, 0) is 0 Å². The van der Waals surface area contributed by atoms with Crippen LogP contribution in [0.2, 0.25) is 0 Å². The number of nitrogens with two attached hydrogens (primary N) is 1. The van der Waals surface area contributed by atoms with Gasteiger partial charge < -0.3 is 5.73 Å². The minimum Gasteiger partial charge on any atom is -0.375 e. The molecule has 0 atom stereocenters. The van der Waals surface area contributed by atoms with Crippen LogP contribution in [0.1, 0.15) is 24.6 Å². The summed E-state index contributed by atoms with van der Waals surface area (Å²) in [6.45, 7) is 4.26. The number of anilines is 1. The van der Waals surface area contributed by atoms with Gasteiger partial charge in [0.15, 0.2) is 5.13 Å². The fourth-order valence-electron chi connectivity index (χ4n) is 0.568. The van der Waals surface area contributed by atoms with Crippen molar-refractivity contribution in [1.82, 2.24) is 4.98 Å². The highest BCUT2D eigenvalue weighted by molar-refractivity contribution is 7.15. The molecule has 1 aromatic heterocycles. The predicted octanol–water partition coefficient (Wildman–Crippen LogP) is 1.85. The lowest BCUT2D eigenvalue weighted by molar-refractivity contribution is 0.885. The molecule has 0 fully saturated rings. The molecule has 0 unspecified atom stereocenters. The summed E-state index contributed by atoms with van der Waals surface area (Å²) in [6, 6.07) is 0. The molecule has 0 aromatic carbocycles. The highest BCUT2D eigenvalue weighted by Crippen LogP contribution is 2.22. The first-order chi connectivity index (χ1) is 4.20. The van der Waals surface area contributed by atoms with Gasteiger partial charge in [0.2, 0.25) is 0 Å². The van der Waals surface area contributed by atoms with Crippen molar-refractivity contribution in [3.8, 4) is 0 Å². The van der Waals surface area contributed by atoms with E-state index in [0.29, 0.717) is 11.0 Å². The molecule has 0 bridgehead atoms. The lowest BCUT2D eigenvalue weighted by Crippen LogP contribution is -1.78. The van der Waals surface area contributed by atoms with Crippen LogP contribution in [0.3, 0.4) is 0 Å². The molecule has 1 rings (SSSR count). The normalized spacial score (nSPS) is 10.6. The molecule has 0 saturated heterocycles. The van der Waals surface area contributed by atoms with Crippen LogP contribution < -0.4 is 5.73 Å². The summed E-state index contributed by atoms with van der Waals surface area (Å²) in [5.74, 6) is 0.555. The first-order valence-electron chi connectivity index (χ1n) is 2.91. The lowest BCUT2D eigenvalue weighted by Gasteiger charge is -1.94. The fraction of sp³-hybridized carbons (Fsp3) is 0.500. The molecule has 0 aliphatic carbocycles. The second-order valence-electron chi connectivity index (χ2n) is 2.26. The molecule has 0 amide bonds. The Kier molecular flexibility index (Phi) is 1.71. The maximum absolute atomic E-state index is 5.42. The number of aromatic nitrogens is 1. The number of hydrogen-bond acceptors (Lipinski definition) is 3. The van der Waals surface area contributed by atoms with Gasteiger partial charge in [0, 0.05) is 11.1 Å². The van der Waals surface area contributed by atoms with Gasteiger partial charge in [0.1, 0.15) is 0 Å². The molecule has 1 heterocycles. The minimum atomic E-state index is 0.555. The third kappa shape index (κ3) is 1.42. The van der Waals surface area contributed by atoms with Gasteiger partial charge in [-0.15, -0.1) is 11.3 Å². The Morgan fingerprint density at radius 2 is 2.44 bits per heavy atom. The number of nitrogens with zero attached hydrogens (tertiary/aromatic N) is 1. The fourth-order valence-corrected chi connectivity index (χ4v) is 1.26. The molecule has 0 radical (unpaired) electrons. The Morgan fingerprint density at radius 3 is 2.67 bits per heavy atom. The molecule has 9 heavy (non-hydrogen) atoms. The van der Waals surface area contributed by atoms with E-state index >= 15 is 0 Å². The number of hydrogen-bond donors (Lipinski definition) is 1. The van der Waals surface area contributed by atoms with Crippen molar-refractivity contribution in [2.24, 2.45) is 0 Å². The van der Waals surface area contributed by atoms with E-state index in [0.717, 1.165) is 0 Å². The zero-order valence-electron chi connectivity index (χ0n) is 5.59. The van der Waals surface area contributed by atoms with Gasteiger partial charge in [0.25, 0.3) is 0 Å². The first-order valence-corrected chi connectivity index (χ1v) is 3.73. The van der Waals surface area contributed by atoms with Crippen molar-refractivity contribution in [2.45, 2.75) is 19.8 Å². The molecule has 3 heteroatoms. The first kappa shape index (κ1) is 6.55. The quantitative estimate of drug-likeness (QED) is 0.653. The zero-order chi connectivity index (χ0) is 6.85. The zero-order valence-corrected chi connectivity index (χ0v) is 6.40. The minimum absolute atomic E-state index is 0.555. The topological polar surface area (TPSA) is 38.9 Å². The lowest BCUT2D eigenvalue weighted by atomic mass is 10.2. The van der Waals surface area contributed by atoms with Crippen molar-refractivity contribution in [2.75, 3.05) is 5.73 Å². The van der Waals surface area contributed by atoms with Crippen molar-refractivity contribution < 1.29 is 0 Å². The summed E-state index contributed by atoms with van der Waals surface area (Å²) in [7, 11) is 0. The van der Waals surface area contributed by atoms with E-state index in [1.54, 1.807) is 11.3 Å². The SMILES string of the molecule is CC(C)c1cn[14c](N)s1. The van der Waals surface area contributed by atoms with Crippen molar-refractivity contribution in [3.05, 3.63) is 11.1 Å². The van der Waals surface area contributed by atoms with Gasteiger partial charge in [-0.2, -0.15) is 0 Å². The van der Waals surface area contributed by atoms with E-state index < -0.39 is 0 Å². The molecule has 2 N–H and O–H groups in total. The maximum Gasteiger partial charge on any atom is 0.180 e. The third-order valence-electron chi connectivity index (χ3n) is 1.11. The van der Waals surface area contributed by atoms with E-state index in [-0.39, 0.29) is 0 Å². The number of thiazole rings is 1. The monoisotopic (exact) mass is 144 g/mol. The molecule has 2 nitrogen and oxygen atoms in total. The van der Waals surface area contributed by atoms with Gasteiger partial charge in [-0.05, 0) is 5.92 Å². The van der Waals surface area contributed by atoms with Crippen LogP contribution >= 0.6 is 11.3 Å². The van der Waals surface area contributed by atoms with Crippen molar-refractivity contribution in [1.29, 1.82) is 0 Å². The highest BCUT2D eigenvalue weighted by Gasteiger charge is 2.01. The average molecular weight is 144 g/mol. The van der Waals surface area contributed by atoms with Gasteiger partial charge in [-0.3, -0.25) is 0 Å². The molecule has 50 valence electrons. The van der Waals surface area contributed by atoms with Crippen molar-refractivity contribution in [3.63, 3.8) is 0 Å². The van der Waals surface area contributed by atoms with E-state index in [9.17, 15) is 0 Å². The van der Waals surface area contributed by atoms with Crippen LogP contribution in [-0.4, -0.2) is 4.98 Å². The predicted molar refractivity (Wildman–Crippen MR) is 40.6 cm³/mol. The largest absolute Gasteiger partial charge is 0.375 e. The Morgan fingerprint density at radius 1 is 1.78 bits per heavy atom. The van der Waals surface area contributed by atoms with E-state index in [1.165, 1.54) is 4.88 Å². The molecular formula is C6H10N2S. The molecular weight excluding hydrogens is 134 g/mol. The Labute approximate surface area is 58.7 Å². The van der Waals surface area contributed by atoms with Crippen LogP contribution in [0, 0.1) is 0 Å². The Balaban J connectivity index is 2.85. The summed E-state index contributed by atoms with van der Waals surface area (Å²) < 4.78 is 0. The number of nitrogen functional groups attached to an aromatic ring is 1. The van der Waals surface area contributed by atoms with Gasteiger partial charge in [-0.1, -0.05) is 13.8 Å². The summed E-state index contributed by atoms with van der Waals surface area (Å²) in [5, 5.41) is 0.665. The second kappa shape index (κ2) is 2.35. The standard InChI is InChI=1S/C6H10N2S/c1-4(2)5-3-8-6(7)9-5/h3-4H,1-2H3,(H2,7,8)/i6+2. The van der Waals surface area contributed by atoms with Gasteiger partial charge in [-0.25, -0.2) is 4.98 Å². The van der Waals surface area contributed by atoms with Crippen LogP contribution in [0.15, 0.2) is 6.20 Å². The summed E-state index contributed by atoms with van der Waals surface area (Å²) in [6.07, 6.45) is 1.84. The average Bonchev–Trinajstić information content (AvgIpc) is 2.14. The molecule has 1 aromatic rings. The van der Waals surface area contributed by atoms with E-state index in [1.807, 2.05) is 6.20 Å². The van der Waals surface area contributed by atoms with Gasteiger partial charge >= 0.3 is 0 Å². The van der Waals surface area contributed by atoms with Crippen LogP contribution in [0.4, 0.5) is 5.13 Å². The smallest absolute Gasteiger partial charge is 0.180 e. The van der Waals surface area contributed by atoms with Crippen LogP contribution in [0.5, 0.6) is 0 Å².